The molecule has 0 aromatic carbocycles. The van der Waals surface area contributed by atoms with E-state index in [1.54, 1.807) is 0 Å². The van der Waals surface area contributed by atoms with Crippen molar-refractivity contribution in [3.05, 3.63) is 0 Å². The average molecular weight is 186 g/mol. The van der Waals surface area contributed by atoms with Crippen molar-refractivity contribution in [2.45, 2.75) is 67.6 Å². The summed E-state index contributed by atoms with van der Waals surface area (Å²) in [6.07, 6.45) is 0.614. The molecule has 0 heterocycles. The lowest BCUT2D eigenvalue weighted by Crippen LogP contribution is -2.42. The third-order valence-electron chi connectivity index (χ3n) is 1.98. The Morgan fingerprint density at radius 2 is 1.08 bits per heavy atom. The van der Waals surface area contributed by atoms with Crippen molar-refractivity contribution in [3.8, 4) is 0 Å². The quantitative estimate of drug-likeness (QED) is 0.636. The van der Waals surface area contributed by atoms with Crippen molar-refractivity contribution >= 4 is 0 Å². The van der Waals surface area contributed by atoms with E-state index in [1.807, 2.05) is 0 Å². The second-order valence-corrected chi connectivity index (χ2v) is 6.30. The summed E-state index contributed by atoms with van der Waals surface area (Å²) in [7, 11) is 0. The molecule has 0 aromatic heterocycles. The van der Waals surface area contributed by atoms with Crippen molar-refractivity contribution in [3.63, 3.8) is 0 Å². The summed E-state index contributed by atoms with van der Waals surface area (Å²) in [6.45, 7) is 17.7. The van der Waals surface area contributed by atoms with Crippen LogP contribution in [0, 0.1) is 10.8 Å². The Labute approximate surface area is 83.9 Å². The Balaban J connectivity index is 4.58. The van der Waals surface area contributed by atoms with Crippen LogP contribution in [0.2, 0.25) is 0 Å². The van der Waals surface area contributed by atoms with E-state index in [4.69, 9.17) is 4.74 Å². The van der Waals surface area contributed by atoms with Crippen LogP contribution in [0.3, 0.4) is 0 Å². The third kappa shape index (κ3) is 4.66. The first kappa shape index (κ1) is 13.0. The van der Waals surface area contributed by atoms with E-state index < -0.39 is 0 Å². The minimum Gasteiger partial charge on any atom is -0.374 e. The molecule has 0 atom stereocenters. The van der Waals surface area contributed by atoms with Gasteiger partial charge in [0.25, 0.3) is 0 Å². The number of rotatable bonds is 2. The molecular formula is C12H26O. The average Bonchev–Trinajstić information content (AvgIpc) is 1.77. The van der Waals surface area contributed by atoms with Gasteiger partial charge in [0.15, 0.2) is 0 Å². The zero-order valence-electron chi connectivity index (χ0n) is 10.6. The Bertz CT molecular complexity index is 131. The maximum Gasteiger partial charge on any atom is 0.0675 e. The molecule has 80 valence electrons. The Morgan fingerprint density at radius 1 is 0.769 bits per heavy atom. The van der Waals surface area contributed by atoms with Crippen LogP contribution in [-0.4, -0.2) is 12.2 Å². The third-order valence-corrected chi connectivity index (χ3v) is 1.98. The van der Waals surface area contributed by atoms with Crippen LogP contribution < -0.4 is 0 Å². The monoisotopic (exact) mass is 186 g/mol. The summed E-state index contributed by atoms with van der Waals surface area (Å²) in [5, 5.41) is 0. The molecule has 0 rings (SSSR count). The van der Waals surface area contributed by atoms with E-state index in [1.165, 1.54) is 0 Å². The summed E-state index contributed by atoms with van der Waals surface area (Å²) >= 11 is 0. The lowest BCUT2D eigenvalue weighted by Gasteiger charge is -2.41. The highest BCUT2D eigenvalue weighted by atomic mass is 16.5. The minimum absolute atomic E-state index is 0.211. The normalized spacial score (nSPS) is 14.3. The molecule has 0 fully saturated rings. The second-order valence-electron chi connectivity index (χ2n) is 6.30. The van der Waals surface area contributed by atoms with E-state index in [-0.39, 0.29) is 10.8 Å². The van der Waals surface area contributed by atoms with E-state index >= 15 is 0 Å². The van der Waals surface area contributed by atoms with Crippen LogP contribution in [-0.2, 0) is 4.74 Å². The summed E-state index contributed by atoms with van der Waals surface area (Å²) in [4.78, 5) is 0. The highest BCUT2D eigenvalue weighted by molar-refractivity contribution is 4.85. The lowest BCUT2D eigenvalue weighted by atomic mass is 9.74. The second kappa shape index (κ2) is 4.00. The maximum atomic E-state index is 5.98. The van der Waals surface area contributed by atoms with Crippen LogP contribution >= 0.6 is 0 Å². The topological polar surface area (TPSA) is 9.23 Å². The molecule has 0 saturated carbocycles. The Hall–Kier alpha value is -0.0400. The molecule has 0 aliphatic rings. The standard InChI is InChI=1S/C12H26O/c1-9(2)13-10(11(3,4)5)12(6,7)8/h9-10H,1-8H3. The first-order valence-corrected chi connectivity index (χ1v) is 5.20. The smallest absolute Gasteiger partial charge is 0.0675 e. The van der Waals surface area contributed by atoms with Gasteiger partial charge in [-0.1, -0.05) is 41.5 Å². The number of hydrogen-bond donors (Lipinski definition) is 0. The van der Waals surface area contributed by atoms with Crippen LogP contribution in [0.4, 0.5) is 0 Å². The molecule has 0 spiro atoms. The lowest BCUT2D eigenvalue weighted by molar-refractivity contribution is -0.108. The molecule has 0 saturated heterocycles. The van der Waals surface area contributed by atoms with Crippen molar-refractivity contribution in [2.75, 3.05) is 0 Å². The predicted molar refractivity (Wildman–Crippen MR) is 58.9 cm³/mol. The van der Waals surface area contributed by atoms with Gasteiger partial charge in [-0.15, -0.1) is 0 Å². The highest BCUT2D eigenvalue weighted by Gasteiger charge is 2.36. The molecule has 0 amide bonds. The van der Waals surface area contributed by atoms with E-state index in [9.17, 15) is 0 Å². The van der Waals surface area contributed by atoms with Gasteiger partial charge in [-0.25, -0.2) is 0 Å². The molecule has 0 N–H and O–H groups in total. The molecule has 0 bridgehead atoms. The summed E-state index contributed by atoms with van der Waals surface area (Å²) < 4.78 is 5.98. The first-order valence-electron chi connectivity index (χ1n) is 5.20. The maximum absolute atomic E-state index is 5.98. The Kier molecular flexibility index (Phi) is 3.98. The van der Waals surface area contributed by atoms with Gasteiger partial charge in [0.1, 0.15) is 0 Å². The van der Waals surface area contributed by atoms with Gasteiger partial charge >= 0.3 is 0 Å². The van der Waals surface area contributed by atoms with E-state index in [0.717, 1.165) is 0 Å². The SMILES string of the molecule is CC(C)OC(C(C)(C)C)C(C)(C)C. The fourth-order valence-corrected chi connectivity index (χ4v) is 1.98. The Morgan fingerprint density at radius 3 is 1.15 bits per heavy atom. The van der Waals surface area contributed by atoms with Gasteiger partial charge < -0.3 is 4.74 Å². The minimum atomic E-state index is 0.211. The van der Waals surface area contributed by atoms with Crippen molar-refractivity contribution < 1.29 is 4.74 Å². The molecule has 0 unspecified atom stereocenters. The zero-order chi connectivity index (χ0) is 10.9. The van der Waals surface area contributed by atoms with Gasteiger partial charge in [0.2, 0.25) is 0 Å². The van der Waals surface area contributed by atoms with Gasteiger partial charge in [-0.05, 0) is 24.7 Å². The number of hydrogen-bond acceptors (Lipinski definition) is 1. The number of ether oxygens (including phenoxy) is 1. The molecule has 0 radical (unpaired) electrons. The largest absolute Gasteiger partial charge is 0.374 e. The molecule has 1 nitrogen and oxygen atoms in total. The highest BCUT2D eigenvalue weighted by Crippen LogP contribution is 2.36. The van der Waals surface area contributed by atoms with Gasteiger partial charge in [-0.3, -0.25) is 0 Å². The van der Waals surface area contributed by atoms with Crippen LogP contribution in [0.25, 0.3) is 0 Å². The fourth-order valence-electron chi connectivity index (χ4n) is 1.98. The molecular weight excluding hydrogens is 160 g/mol. The first-order chi connectivity index (χ1) is 5.55. The van der Waals surface area contributed by atoms with Crippen LogP contribution in [0.15, 0.2) is 0 Å². The molecule has 0 aliphatic heterocycles. The van der Waals surface area contributed by atoms with Gasteiger partial charge in [-0.2, -0.15) is 0 Å². The van der Waals surface area contributed by atoms with Gasteiger partial charge in [0.05, 0.1) is 12.2 Å². The van der Waals surface area contributed by atoms with Crippen molar-refractivity contribution in [1.82, 2.24) is 0 Å². The van der Waals surface area contributed by atoms with Gasteiger partial charge in [0, 0.05) is 0 Å². The van der Waals surface area contributed by atoms with E-state index in [2.05, 4.69) is 55.4 Å². The summed E-state index contributed by atoms with van der Waals surface area (Å²) in [6, 6.07) is 0. The summed E-state index contributed by atoms with van der Waals surface area (Å²) in [5.41, 5.74) is 0.422. The van der Waals surface area contributed by atoms with E-state index in [0.29, 0.717) is 12.2 Å². The van der Waals surface area contributed by atoms with Crippen molar-refractivity contribution in [1.29, 1.82) is 0 Å². The molecule has 13 heavy (non-hydrogen) atoms. The van der Waals surface area contributed by atoms with Crippen molar-refractivity contribution in [2.24, 2.45) is 10.8 Å². The zero-order valence-corrected chi connectivity index (χ0v) is 10.6. The fraction of sp³-hybridized carbons (Fsp3) is 1.00. The van der Waals surface area contributed by atoms with Crippen LogP contribution in [0.1, 0.15) is 55.4 Å². The summed E-state index contributed by atoms with van der Waals surface area (Å²) in [5.74, 6) is 0. The predicted octanol–water partition coefficient (Wildman–Crippen LogP) is 3.87. The molecule has 0 aromatic rings. The molecule has 0 aliphatic carbocycles. The molecule has 1 heteroatoms. The van der Waals surface area contributed by atoms with Crippen LogP contribution in [0.5, 0.6) is 0 Å².